The van der Waals surface area contributed by atoms with Crippen LogP contribution in [0.5, 0.6) is 5.88 Å². The van der Waals surface area contributed by atoms with Gasteiger partial charge in [0.05, 0.1) is 18.8 Å². The Morgan fingerprint density at radius 1 is 1.36 bits per heavy atom. The molecule has 1 aliphatic heterocycles. The zero-order valence-electron chi connectivity index (χ0n) is 17.9. The lowest BCUT2D eigenvalue weighted by atomic mass is 10.1. The highest BCUT2D eigenvalue weighted by Gasteiger charge is 2.35. The van der Waals surface area contributed by atoms with Crippen molar-refractivity contribution in [2.24, 2.45) is 0 Å². The molecule has 0 aromatic carbocycles. The molecule has 0 radical (unpaired) electrons. The minimum absolute atomic E-state index is 0.0332. The summed E-state index contributed by atoms with van der Waals surface area (Å²) in [6, 6.07) is 2.60. The fourth-order valence-electron chi connectivity index (χ4n) is 3.41. The van der Waals surface area contributed by atoms with Gasteiger partial charge in [-0.15, -0.1) is 0 Å². The second-order valence-electron chi connectivity index (χ2n) is 7.64. The lowest BCUT2D eigenvalue weighted by Gasteiger charge is -2.25. The van der Waals surface area contributed by atoms with Crippen molar-refractivity contribution in [1.82, 2.24) is 20.2 Å². The van der Waals surface area contributed by atoms with E-state index in [1.807, 2.05) is 0 Å². The van der Waals surface area contributed by atoms with Gasteiger partial charge in [0.15, 0.2) is 6.61 Å². The van der Waals surface area contributed by atoms with E-state index in [-0.39, 0.29) is 30.6 Å². The van der Waals surface area contributed by atoms with Crippen LogP contribution >= 0.6 is 0 Å². The smallest absolute Gasteiger partial charge is 0.422 e. The minimum atomic E-state index is -4.48. The van der Waals surface area contributed by atoms with Crippen LogP contribution in [0.25, 0.3) is 0 Å². The first-order chi connectivity index (χ1) is 15.5. The second kappa shape index (κ2) is 9.71. The number of aromatic nitrogens is 2. The number of nitrogens with one attached hydrogen (secondary N) is 1. The van der Waals surface area contributed by atoms with Crippen LogP contribution < -0.4 is 10.1 Å². The standard InChI is InChI=1S/C21H23F3N4O5/c1-11-5-13(6-27-19(11)33-10-21(22,23)24)12(2)28-8-16-15(20(28)32)3-4-25-17(16)18(31)26-7-14(30)9-29/h3-6,12,14,29-30H,7-10H2,1-2H3,(H,26,31)/t12?,14-/m0/s1. The van der Waals surface area contributed by atoms with Crippen molar-refractivity contribution in [3.8, 4) is 5.88 Å². The van der Waals surface area contributed by atoms with E-state index in [0.29, 0.717) is 22.3 Å². The van der Waals surface area contributed by atoms with Gasteiger partial charge in [-0.2, -0.15) is 13.2 Å². The Balaban J connectivity index is 1.77. The van der Waals surface area contributed by atoms with Crippen molar-refractivity contribution in [2.45, 2.75) is 38.7 Å². The lowest BCUT2D eigenvalue weighted by molar-refractivity contribution is -0.154. The van der Waals surface area contributed by atoms with E-state index in [9.17, 15) is 27.9 Å². The normalized spacial score (nSPS) is 15.2. The summed E-state index contributed by atoms with van der Waals surface area (Å²) in [6.07, 6.45) is -2.92. The van der Waals surface area contributed by atoms with Crippen molar-refractivity contribution in [2.75, 3.05) is 19.8 Å². The van der Waals surface area contributed by atoms with Gasteiger partial charge < -0.3 is 25.2 Å². The fourth-order valence-corrected chi connectivity index (χ4v) is 3.41. The number of fused-ring (bicyclic) bond motifs is 1. The molecule has 12 heteroatoms. The number of aryl methyl sites for hydroxylation is 1. The maximum absolute atomic E-state index is 13.0. The maximum Gasteiger partial charge on any atom is 0.422 e. The molecule has 1 unspecified atom stereocenters. The maximum atomic E-state index is 13.0. The van der Waals surface area contributed by atoms with Gasteiger partial charge in [0.2, 0.25) is 5.88 Å². The summed E-state index contributed by atoms with van der Waals surface area (Å²) in [5.74, 6) is -1.07. The van der Waals surface area contributed by atoms with Crippen LogP contribution in [0.3, 0.4) is 0 Å². The summed E-state index contributed by atoms with van der Waals surface area (Å²) in [4.78, 5) is 35.0. The monoisotopic (exact) mass is 468 g/mol. The SMILES string of the molecule is Cc1cc(C(C)N2Cc3c(ccnc3C(=O)NC[C@H](O)CO)C2=O)cnc1OCC(F)(F)F. The Kier molecular flexibility index (Phi) is 7.18. The molecule has 1 aliphatic rings. The summed E-state index contributed by atoms with van der Waals surface area (Å²) in [5, 5.41) is 20.8. The molecule has 0 saturated heterocycles. The molecular weight excluding hydrogens is 445 g/mol. The topological polar surface area (TPSA) is 125 Å². The molecule has 2 aromatic rings. The number of rotatable bonds is 8. The predicted octanol–water partition coefficient (Wildman–Crippen LogP) is 1.53. The third kappa shape index (κ3) is 5.57. The molecule has 3 heterocycles. The number of aliphatic hydroxyl groups excluding tert-OH is 2. The van der Waals surface area contributed by atoms with E-state index in [4.69, 9.17) is 9.84 Å². The van der Waals surface area contributed by atoms with Gasteiger partial charge in [-0.25, -0.2) is 4.98 Å². The molecule has 2 atom stereocenters. The van der Waals surface area contributed by atoms with Gasteiger partial charge in [-0.3, -0.25) is 14.6 Å². The van der Waals surface area contributed by atoms with Crippen LogP contribution in [-0.4, -0.2) is 68.9 Å². The van der Waals surface area contributed by atoms with Gasteiger partial charge in [0.1, 0.15) is 5.69 Å². The zero-order chi connectivity index (χ0) is 24.3. The molecule has 0 saturated carbocycles. The quantitative estimate of drug-likeness (QED) is 0.537. The van der Waals surface area contributed by atoms with Gasteiger partial charge in [-0.1, -0.05) is 0 Å². The molecule has 9 nitrogen and oxygen atoms in total. The number of ether oxygens (including phenoxy) is 1. The van der Waals surface area contributed by atoms with Crippen LogP contribution in [-0.2, 0) is 6.54 Å². The highest BCUT2D eigenvalue weighted by atomic mass is 19.4. The Labute approximate surface area is 187 Å². The number of aliphatic hydroxyl groups is 2. The Hall–Kier alpha value is -3.25. The summed E-state index contributed by atoms with van der Waals surface area (Å²) < 4.78 is 41.9. The highest BCUT2D eigenvalue weighted by Crippen LogP contribution is 2.33. The average molecular weight is 468 g/mol. The molecule has 3 N–H and O–H groups in total. The van der Waals surface area contributed by atoms with Crippen LogP contribution in [0, 0.1) is 6.92 Å². The van der Waals surface area contributed by atoms with Crippen LogP contribution in [0.2, 0.25) is 0 Å². The lowest BCUT2D eigenvalue weighted by Crippen LogP contribution is -2.35. The van der Waals surface area contributed by atoms with E-state index in [0.717, 1.165) is 0 Å². The highest BCUT2D eigenvalue weighted by molar-refractivity contribution is 6.03. The summed E-state index contributed by atoms with van der Waals surface area (Å²) in [7, 11) is 0. The van der Waals surface area contributed by atoms with Crippen molar-refractivity contribution in [1.29, 1.82) is 0 Å². The number of hydrogen-bond acceptors (Lipinski definition) is 7. The summed E-state index contributed by atoms with van der Waals surface area (Å²) in [5.41, 5.74) is 1.72. The van der Waals surface area contributed by atoms with E-state index in [1.54, 1.807) is 19.9 Å². The number of amides is 2. The fraction of sp³-hybridized carbons (Fsp3) is 0.429. The Bertz CT molecular complexity index is 1050. The molecular formula is C21H23F3N4O5. The molecule has 178 valence electrons. The number of alkyl halides is 3. The summed E-state index contributed by atoms with van der Waals surface area (Å²) >= 11 is 0. The van der Waals surface area contributed by atoms with Gasteiger partial charge in [0, 0.05) is 42.2 Å². The second-order valence-corrected chi connectivity index (χ2v) is 7.64. The molecule has 2 aromatic heterocycles. The predicted molar refractivity (Wildman–Crippen MR) is 108 cm³/mol. The number of halogens is 3. The van der Waals surface area contributed by atoms with Crippen LogP contribution in [0.4, 0.5) is 13.2 Å². The molecule has 33 heavy (non-hydrogen) atoms. The number of carbonyl (C=O) groups is 2. The van der Waals surface area contributed by atoms with Crippen LogP contribution in [0.15, 0.2) is 24.5 Å². The largest absolute Gasteiger partial charge is 0.468 e. The van der Waals surface area contributed by atoms with E-state index >= 15 is 0 Å². The van der Waals surface area contributed by atoms with E-state index in [1.165, 1.54) is 23.4 Å². The third-order valence-corrected chi connectivity index (χ3v) is 5.17. The molecule has 0 bridgehead atoms. The Morgan fingerprint density at radius 2 is 2.09 bits per heavy atom. The molecule has 0 aliphatic carbocycles. The summed E-state index contributed by atoms with van der Waals surface area (Å²) in [6.45, 7) is 1.23. The zero-order valence-corrected chi connectivity index (χ0v) is 17.9. The Morgan fingerprint density at radius 3 is 2.73 bits per heavy atom. The van der Waals surface area contributed by atoms with Crippen molar-refractivity contribution >= 4 is 11.8 Å². The van der Waals surface area contributed by atoms with Crippen molar-refractivity contribution < 1.29 is 37.7 Å². The molecule has 3 rings (SSSR count). The molecule has 2 amide bonds. The number of pyridine rings is 2. The molecule has 0 spiro atoms. The van der Waals surface area contributed by atoms with Crippen molar-refractivity contribution in [3.63, 3.8) is 0 Å². The van der Waals surface area contributed by atoms with Crippen molar-refractivity contribution in [3.05, 3.63) is 52.5 Å². The van der Waals surface area contributed by atoms with E-state index in [2.05, 4.69) is 15.3 Å². The first-order valence-electron chi connectivity index (χ1n) is 10.0. The molecule has 0 fully saturated rings. The van der Waals surface area contributed by atoms with E-state index < -0.39 is 37.4 Å². The number of nitrogens with zero attached hydrogens (tertiary/aromatic N) is 3. The average Bonchev–Trinajstić information content (AvgIpc) is 3.11. The van der Waals surface area contributed by atoms with Gasteiger partial charge >= 0.3 is 6.18 Å². The van der Waals surface area contributed by atoms with Gasteiger partial charge in [-0.05, 0) is 31.5 Å². The minimum Gasteiger partial charge on any atom is -0.468 e. The first-order valence-corrected chi connectivity index (χ1v) is 10.0. The third-order valence-electron chi connectivity index (χ3n) is 5.17. The van der Waals surface area contributed by atoms with Crippen LogP contribution in [0.1, 0.15) is 50.5 Å². The van der Waals surface area contributed by atoms with Gasteiger partial charge in [0.25, 0.3) is 11.8 Å². The number of hydrogen-bond donors (Lipinski definition) is 3. The first kappa shape index (κ1) is 24.4. The number of carbonyl (C=O) groups excluding carboxylic acids is 2.